The van der Waals surface area contributed by atoms with Gasteiger partial charge in [0, 0.05) is 28.2 Å². The third kappa shape index (κ3) is 3.22. The van der Waals surface area contributed by atoms with Crippen LogP contribution in [0.15, 0.2) is 0 Å². The molecule has 3 heteroatoms. The smallest absolute Gasteiger partial charge is 0.126 e. The first kappa shape index (κ1) is 10.9. The first-order chi connectivity index (χ1) is 6.18. The number of hydrogen-bond donors (Lipinski definition) is 0. The molecule has 1 aliphatic rings. The van der Waals surface area contributed by atoms with Crippen molar-refractivity contribution in [2.75, 3.05) is 12.0 Å². The van der Waals surface area contributed by atoms with E-state index in [-0.39, 0.29) is 5.41 Å². The Hall–Kier alpha value is -0.180. The molecule has 0 amide bonds. The molecular formula is C10H18O2S. The number of hydrogen-bond acceptors (Lipinski definition) is 2. The van der Waals surface area contributed by atoms with Crippen LogP contribution >= 0.6 is 0 Å². The highest BCUT2D eigenvalue weighted by molar-refractivity contribution is 7.84. The van der Waals surface area contributed by atoms with E-state index >= 15 is 0 Å². The summed E-state index contributed by atoms with van der Waals surface area (Å²) >= 11 is 0. The molecule has 0 N–H and O–H groups in total. The first-order valence-electron chi connectivity index (χ1n) is 4.95. The van der Waals surface area contributed by atoms with Crippen LogP contribution in [0.4, 0.5) is 0 Å². The van der Waals surface area contributed by atoms with Crippen molar-refractivity contribution in [2.24, 2.45) is 5.41 Å². The van der Waals surface area contributed by atoms with E-state index in [2.05, 4.69) is 0 Å². The number of rotatable bonds is 4. The van der Waals surface area contributed by atoms with Crippen molar-refractivity contribution in [3.63, 3.8) is 0 Å². The molecule has 0 saturated heterocycles. The van der Waals surface area contributed by atoms with Gasteiger partial charge < -0.3 is 4.79 Å². The van der Waals surface area contributed by atoms with Crippen molar-refractivity contribution in [1.29, 1.82) is 0 Å². The topological polar surface area (TPSA) is 34.1 Å². The van der Waals surface area contributed by atoms with Gasteiger partial charge in [0.25, 0.3) is 0 Å². The number of carbonyl (C=O) groups excluding carboxylic acids is 1. The Morgan fingerprint density at radius 1 is 1.31 bits per heavy atom. The van der Waals surface area contributed by atoms with E-state index in [1.54, 1.807) is 6.26 Å². The van der Waals surface area contributed by atoms with Crippen LogP contribution in [0.3, 0.4) is 0 Å². The van der Waals surface area contributed by atoms with Crippen LogP contribution in [-0.4, -0.2) is 22.5 Å². The summed E-state index contributed by atoms with van der Waals surface area (Å²) in [5.41, 5.74) is -0.121. The molecule has 1 saturated carbocycles. The monoisotopic (exact) mass is 202 g/mol. The Bertz CT molecular complexity index is 195. The Balaban J connectivity index is 2.47. The minimum absolute atomic E-state index is 0.121. The highest BCUT2D eigenvalue weighted by Crippen LogP contribution is 2.37. The van der Waals surface area contributed by atoms with Crippen LogP contribution in [0.25, 0.3) is 0 Å². The minimum Gasteiger partial charge on any atom is -0.303 e. The molecule has 1 atom stereocenters. The van der Waals surface area contributed by atoms with Gasteiger partial charge in [0.1, 0.15) is 6.29 Å². The van der Waals surface area contributed by atoms with Crippen LogP contribution in [0, 0.1) is 5.41 Å². The first-order valence-corrected chi connectivity index (χ1v) is 6.68. The predicted octanol–water partition coefficient (Wildman–Crippen LogP) is 1.90. The van der Waals surface area contributed by atoms with E-state index in [4.69, 9.17) is 0 Å². The molecule has 1 unspecified atom stereocenters. The van der Waals surface area contributed by atoms with E-state index in [0.29, 0.717) is 5.75 Å². The van der Waals surface area contributed by atoms with E-state index in [1.165, 1.54) is 6.42 Å². The maximum absolute atomic E-state index is 11.0. The maximum atomic E-state index is 11.0. The fourth-order valence-electron chi connectivity index (χ4n) is 2.03. The summed E-state index contributed by atoms with van der Waals surface area (Å²) < 4.78 is 10.9. The van der Waals surface area contributed by atoms with Crippen LogP contribution in [0.5, 0.6) is 0 Å². The highest BCUT2D eigenvalue weighted by Gasteiger charge is 2.31. The Labute approximate surface area is 82.6 Å². The second-order valence-electron chi connectivity index (χ2n) is 4.07. The normalized spacial score (nSPS) is 23.8. The van der Waals surface area contributed by atoms with Gasteiger partial charge in [-0.15, -0.1) is 0 Å². The summed E-state index contributed by atoms with van der Waals surface area (Å²) in [6.07, 6.45) is 9.23. The quantitative estimate of drug-likeness (QED) is 0.653. The Kier molecular flexibility index (Phi) is 4.10. The second kappa shape index (κ2) is 4.89. The molecular weight excluding hydrogens is 184 g/mol. The summed E-state index contributed by atoms with van der Waals surface area (Å²) in [4.78, 5) is 11.0. The molecule has 1 fully saturated rings. The SMILES string of the molecule is CS(=O)CCC1(C=O)CCCCC1. The van der Waals surface area contributed by atoms with Crippen molar-refractivity contribution >= 4 is 17.1 Å². The van der Waals surface area contributed by atoms with Gasteiger partial charge in [0.05, 0.1) is 0 Å². The average molecular weight is 202 g/mol. The summed E-state index contributed by atoms with van der Waals surface area (Å²) in [7, 11) is -0.754. The molecule has 13 heavy (non-hydrogen) atoms. The zero-order valence-electron chi connectivity index (χ0n) is 8.25. The van der Waals surface area contributed by atoms with Gasteiger partial charge in [-0.25, -0.2) is 0 Å². The third-order valence-electron chi connectivity index (χ3n) is 2.99. The highest BCUT2D eigenvalue weighted by atomic mass is 32.2. The van der Waals surface area contributed by atoms with Gasteiger partial charge in [-0.3, -0.25) is 4.21 Å². The van der Waals surface area contributed by atoms with Crippen LogP contribution < -0.4 is 0 Å². The molecule has 1 rings (SSSR count). The number of aldehydes is 1. The molecule has 0 bridgehead atoms. The molecule has 0 aliphatic heterocycles. The van der Waals surface area contributed by atoms with Crippen molar-refractivity contribution in [3.05, 3.63) is 0 Å². The van der Waals surface area contributed by atoms with E-state index in [1.807, 2.05) is 0 Å². The van der Waals surface area contributed by atoms with Gasteiger partial charge >= 0.3 is 0 Å². The summed E-state index contributed by atoms with van der Waals surface area (Å²) in [6, 6.07) is 0. The average Bonchev–Trinajstić information content (AvgIpc) is 2.16. The molecule has 2 nitrogen and oxygen atoms in total. The van der Waals surface area contributed by atoms with Crippen molar-refractivity contribution in [1.82, 2.24) is 0 Å². The molecule has 0 aromatic carbocycles. The fourth-order valence-corrected chi connectivity index (χ4v) is 2.72. The zero-order chi connectivity index (χ0) is 9.73. The standard InChI is InChI=1S/C10H18O2S/c1-13(12)8-7-10(9-11)5-3-2-4-6-10/h9H,2-8H2,1H3. The van der Waals surface area contributed by atoms with E-state index < -0.39 is 10.8 Å². The van der Waals surface area contributed by atoms with Crippen LogP contribution in [0.2, 0.25) is 0 Å². The maximum Gasteiger partial charge on any atom is 0.126 e. The van der Waals surface area contributed by atoms with Crippen molar-refractivity contribution in [3.8, 4) is 0 Å². The van der Waals surface area contributed by atoms with Gasteiger partial charge in [0.15, 0.2) is 0 Å². The lowest BCUT2D eigenvalue weighted by Crippen LogP contribution is -2.27. The molecule has 0 radical (unpaired) electrons. The summed E-state index contributed by atoms with van der Waals surface area (Å²) in [5.74, 6) is 0.679. The van der Waals surface area contributed by atoms with Crippen LogP contribution in [0.1, 0.15) is 38.5 Å². The molecule has 1 aliphatic carbocycles. The molecule has 0 heterocycles. The largest absolute Gasteiger partial charge is 0.303 e. The zero-order valence-corrected chi connectivity index (χ0v) is 9.07. The lowest BCUT2D eigenvalue weighted by molar-refractivity contribution is -0.117. The van der Waals surface area contributed by atoms with Crippen molar-refractivity contribution in [2.45, 2.75) is 38.5 Å². The van der Waals surface area contributed by atoms with Gasteiger partial charge in [-0.05, 0) is 19.3 Å². The molecule has 0 aromatic rings. The van der Waals surface area contributed by atoms with Crippen LogP contribution in [-0.2, 0) is 15.6 Å². The van der Waals surface area contributed by atoms with E-state index in [9.17, 15) is 9.00 Å². The molecule has 76 valence electrons. The predicted molar refractivity (Wildman–Crippen MR) is 55.1 cm³/mol. The van der Waals surface area contributed by atoms with Gasteiger partial charge in [0.2, 0.25) is 0 Å². The summed E-state index contributed by atoms with van der Waals surface area (Å²) in [6.45, 7) is 0. The second-order valence-corrected chi connectivity index (χ2v) is 5.62. The lowest BCUT2D eigenvalue weighted by Gasteiger charge is -2.31. The fraction of sp³-hybridized carbons (Fsp3) is 0.900. The lowest BCUT2D eigenvalue weighted by atomic mass is 9.73. The minimum atomic E-state index is -0.754. The number of carbonyl (C=O) groups is 1. The molecule has 0 spiro atoms. The summed E-state index contributed by atoms with van der Waals surface area (Å²) in [5, 5.41) is 0. The molecule has 0 aromatic heterocycles. The van der Waals surface area contributed by atoms with E-state index in [0.717, 1.165) is 38.4 Å². The third-order valence-corrected chi connectivity index (χ3v) is 3.77. The Morgan fingerprint density at radius 3 is 2.38 bits per heavy atom. The Morgan fingerprint density at radius 2 is 1.92 bits per heavy atom. The van der Waals surface area contributed by atoms with Crippen molar-refractivity contribution < 1.29 is 9.00 Å². The van der Waals surface area contributed by atoms with Gasteiger partial charge in [-0.1, -0.05) is 19.3 Å². The van der Waals surface area contributed by atoms with Gasteiger partial charge in [-0.2, -0.15) is 0 Å².